The van der Waals surface area contributed by atoms with Crippen LogP contribution in [0, 0.1) is 11.3 Å². The molecule has 1 heterocycles. The minimum Gasteiger partial charge on any atom is -0.302 e. The Labute approximate surface area is 99.7 Å². The van der Waals surface area contributed by atoms with E-state index in [1.165, 1.54) is 0 Å². The molecule has 0 aliphatic heterocycles. The van der Waals surface area contributed by atoms with Gasteiger partial charge in [-0.1, -0.05) is 32.1 Å². The lowest BCUT2D eigenvalue weighted by atomic mass is 9.73. The molecule has 0 aromatic carbocycles. The summed E-state index contributed by atoms with van der Waals surface area (Å²) < 4.78 is 0. The highest BCUT2D eigenvalue weighted by molar-refractivity contribution is 7.10. The van der Waals surface area contributed by atoms with Gasteiger partial charge >= 0.3 is 0 Å². The first-order chi connectivity index (χ1) is 7.53. The number of thiazole rings is 1. The third-order valence-electron chi connectivity index (χ3n) is 2.82. The lowest BCUT2D eigenvalue weighted by Crippen LogP contribution is -2.22. The molecule has 0 bridgehead atoms. The van der Waals surface area contributed by atoms with Gasteiger partial charge in [-0.3, -0.25) is 0 Å². The molecule has 1 aliphatic carbocycles. The second-order valence-electron chi connectivity index (χ2n) is 4.87. The van der Waals surface area contributed by atoms with Crippen LogP contribution in [0.15, 0.2) is 29.8 Å². The Morgan fingerprint density at radius 3 is 2.94 bits per heavy atom. The maximum atomic E-state index is 11.2. The summed E-state index contributed by atoms with van der Waals surface area (Å²) >= 11 is 1.57. The number of nitrogens with zero attached hydrogens (tertiary/aromatic N) is 1. The lowest BCUT2D eigenvalue weighted by Gasteiger charge is -2.32. The summed E-state index contributed by atoms with van der Waals surface area (Å²) in [7, 11) is 0. The normalized spacial score (nSPS) is 24.0. The fraction of sp³-hybridized carbons (Fsp3) is 0.385. The molecule has 1 unspecified atom stereocenters. The Morgan fingerprint density at radius 1 is 1.62 bits per heavy atom. The molecule has 0 N–H and O–H groups in total. The smallest absolute Gasteiger partial charge is 0.131 e. The zero-order chi connectivity index (χ0) is 11.8. The van der Waals surface area contributed by atoms with Crippen molar-refractivity contribution in [1.29, 1.82) is 0 Å². The van der Waals surface area contributed by atoms with Gasteiger partial charge in [-0.15, -0.1) is 11.3 Å². The molecule has 2 nitrogen and oxygen atoms in total. The highest BCUT2D eigenvalue weighted by Gasteiger charge is 2.31. The summed E-state index contributed by atoms with van der Waals surface area (Å²) in [4.78, 5) is 15.5. The molecule has 0 amide bonds. The van der Waals surface area contributed by atoms with Crippen molar-refractivity contribution in [1.82, 2.24) is 4.98 Å². The average molecular weight is 233 g/mol. The largest absolute Gasteiger partial charge is 0.302 e. The highest BCUT2D eigenvalue weighted by Crippen LogP contribution is 2.43. The third kappa shape index (κ3) is 2.00. The van der Waals surface area contributed by atoms with Gasteiger partial charge in [0, 0.05) is 11.6 Å². The summed E-state index contributed by atoms with van der Waals surface area (Å²) in [6.07, 6.45) is 5.78. The van der Waals surface area contributed by atoms with Crippen molar-refractivity contribution in [2.45, 2.75) is 20.3 Å². The van der Waals surface area contributed by atoms with Crippen LogP contribution in [-0.4, -0.2) is 11.3 Å². The first-order valence-electron chi connectivity index (χ1n) is 5.29. The Hall–Kier alpha value is -1.22. The highest BCUT2D eigenvalue weighted by atomic mass is 32.1. The van der Waals surface area contributed by atoms with Crippen LogP contribution in [0.1, 0.15) is 25.3 Å². The van der Waals surface area contributed by atoms with E-state index in [0.29, 0.717) is 0 Å². The van der Waals surface area contributed by atoms with Gasteiger partial charge in [0.2, 0.25) is 0 Å². The molecule has 84 valence electrons. The topological polar surface area (TPSA) is 30.0 Å². The molecular formula is C13H15NOS. The number of aromatic nitrogens is 1. The van der Waals surface area contributed by atoms with E-state index in [1.54, 1.807) is 17.5 Å². The van der Waals surface area contributed by atoms with Crippen LogP contribution in [0.25, 0.3) is 5.57 Å². The number of carbonyl (C=O) groups excluding carboxylic acids is 1. The molecule has 1 aromatic heterocycles. The Morgan fingerprint density at radius 2 is 2.38 bits per heavy atom. The van der Waals surface area contributed by atoms with Crippen LogP contribution in [0.5, 0.6) is 0 Å². The van der Waals surface area contributed by atoms with Crippen molar-refractivity contribution in [2.75, 3.05) is 0 Å². The van der Waals surface area contributed by atoms with E-state index in [-0.39, 0.29) is 11.3 Å². The molecule has 2 rings (SSSR count). The summed E-state index contributed by atoms with van der Waals surface area (Å²) in [5.74, 6) is -0.181. The van der Waals surface area contributed by atoms with Gasteiger partial charge in [0.1, 0.15) is 11.3 Å². The first kappa shape index (κ1) is 11.3. The average Bonchev–Trinajstić information content (AvgIpc) is 2.67. The van der Waals surface area contributed by atoms with E-state index in [4.69, 9.17) is 0 Å². The number of aldehydes is 1. The summed E-state index contributed by atoms with van der Waals surface area (Å²) in [5.41, 5.74) is 2.08. The van der Waals surface area contributed by atoms with Crippen molar-refractivity contribution in [3.8, 4) is 0 Å². The van der Waals surface area contributed by atoms with Crippen LogP contribution in [-0.2, 0) is 4.79 Å². The number of hydrogen-bond acceptors (Lipinski definition) is 3. The van der Waals surface area contributed by atoms with Crippen LogP contribution in [0.3, 0.4) is 0 Å². The van der Waals surface area contributed by atoms with Gasteiger partial charge in [0.25, 0.3) is 0 Å². The fourth-order valence-electron chi connectivity index (χ4n) is 2.21. The third-order valence-corrected chi connectivity index (χ3v) is 3.64. The summed E-state index contributed by atoms with van der Waals surface area (Å²) in [6.45, 7) is 8.35. The van der Waals surface area contributed by atoms with E-state index < -0.39 is 0 Å². The van der Waals surface area contributed by atoms with Gasteiger partial charge in [-0.25, -0.2) is 4.98 Å². The van der Waals surface area contributed by atoms with Crippen LogP contribution < -0.4 is 0 Å². The summed E-state index contributed by atoms with van der Waals surface area (Å²) in [6, 6.07) is 0. The number of allylic oxidation sites excluding steroid dienone is 3. The zero-order valence-corrected chi connectivity index (χ0v) is 10.4. The second-order valence-corrected chi connectivity index (χ2v) is 5.77. The predicted molar refractivity (Wildman–Crippen MR) is 67.2 cm³/mol. The predicted octanol–water partition coefficient (Wildman–Crippen LogP) is 3.33. The molecule has 0 saturated heterocycles. The lowest BCUT2D eigenvalue weighted by molar-refractivity contribution is -0.109. The minimum atomic E-state index is -0.181. The molecular weight excluding hydrogens is 218 g/mol. The Bertz CT molecular complexity index is 443. The van der Waals surface area contributed by atoms with Gasteiger partial charge < -0.3 is 4.79 Å². The monoisotopic (exact) mass is 233 g/mol. The van der Waals surface area contributed by atoms with Crippen LogP contribution in [0.4, 0.5) is 0 Å². The zero-order valence-electron chi connectivity index (χ0n) is 9.56. The van der Waals surface area contributed by atoms with Crippen molar-refractivity contribution in [2.24, 2.45) is 11.3 Å². The number of carbonyl (C=O) groups is 1. The minimum absolute atomic E-state index is 0.0671. The van der Waals surface area contributed by atoms with Crippen molar-refractivity contribution in [3.63, 3.8) is 0 Å². The summed E-state index contributed by atoms with van der Waals surface area (Å²) in [5, 5.41) is 2.87. The van der Waals surface area contributed by atoms with E-state index in [0.717, 1.165) is 28.9 Å². The number of rotatable bonds is 2. The van der Waals surface area contributed by atoms with Crippen LogP contribution >= 0.6 is 11.3 Å². The molecule has 1 aliphatic rings. The molecule has 0 radical (unpaired) electrons. The molecule has 1 atom stereocenters. The quantitative estimate of drug-likeness (QED) is 0.579. The van der Waals surface area contributed by atoms with Crippen molar-refractivity contribution in [3.05, 3.63) is 34.8 Å². The second kappa shape index (κ2) is 3.98. The van der Waals surface area contributed by atoms with E-state index >= 15 is 0 Å². The Balaban J connectivity index is 2.49. The maximum Gasteiger partial charge on any atom is 0.131 e. The fourth-order valence-corrected chi connectivity index (χ4v) is 2.90. The SMILES string of the molecule is C=C1CC(C)(C)C=C(c2nccs2)C1C=O. The van der Waals surface area contributed by atoms with Gasteiger partial charge in [-0.05, 0) is 17.4 Å². The molecule has 1 aromatic rings. The van der Waals surface area contributed by atoms with E-state index in [9.17, 15) is 4.79 Å². The van der Waals surface area contributed by atoms with E-state index in [1.807, 2.05) is 5.38 Å². The van der Waals surface area contributed by atoms with E-state index in [2.05, 4.69) is 31.5 Å². The first-order valence-corrected chi connectivity index (χ1v) is 6.17. The van der Waals surface area contributed by atoms with Gasteiger partial charge in [0.05, 0.1) is 5.92 Å². The molecule has 0 saturated carbocycles. The maximum absolute atomic E-state index is 11.2. The molecule has 16 heavy (non-hydrogen) atoms. The Kier molecular flexibility index (Phi) is 2.80. The molecule has 3 heteroatoms. The number of hydrogen-bond donors (Lipinski definition) is 0. The van der Waals surface area contributed by atoms with Gasteiger partial charge in [0.15, 0.2) is 0 Å². The van der Waals surface area contributed by atoms with Crippen LogP contribution in [0.2, 0.25) is 0 Å². The van der Waals surface area contributed by atoms with Crippen molar-refractivity contribution < 1.29 is 4.79 Å². The van der Waals surface area contributed by atoms with Gasteiger partial charge in [-0.2, -0.15) is 0 Å². The standard InChI is InChI=1S/C13H15NOS/c1-9-6-13(2,3)7-10(11(9)8-15)12-14-4-5-16-12/h4-5,7-8,11H,1,6H2,2-3H3. The van der Waals surface area contributed by atoms with Crippen molar-refractivity contribution >= 4 is 23.2 Å². The molecule has 0 spiro atoms. The molecule has 0 fully saturated rings.